The Balaban J connectivity index is 1.82. The molecule has 0 aliphatic rings. The summed E-state index contributed by atoms with van der Waals surface area (Å²) >= 11 is 0. The van der Waals surface area contributed by atoms with Crippen LogP contribution in [0.2, 0.25) is 0 Å². The van der Waals surface area contributed by atoms with Gasteiger partial charge in [-0.1, -0.05) is 18.2 Å². The van der Waals surface area contributed by atoms with Gasteiger partial charge >= 0.3 is 6.03 Å². The predicted octanol–water partition coefficient (Wildman–Crippen LogP) is 2.17. The van der Waals surface area contributed by atoms with Gasteiger partial charge in [0, 0.05) is 11.9 Å². The second kappa shape index (κ2) is 5.50. The van der Waals surface area contributed by atoms with Crippen LogP contribution in [0.25, 0.3) is 0 Å². The number of urea groups is 1. The number of carbonyl (C=O) groups is 1. The van der Waals surface area contributed by atoms with E-state index in [-0.39, 0.29) is 6.03 Å². The van der Waals surface area contributed by atoms with E-state index in [9.17, 15) is 4.79 Å². The lowest BCUT2D eigenvalue weighted by Gasteiger charge is -2.02. The van der Waals surface area contributed by atoms with E-state index in [1.807, 2.05) is 30.3 Å². The van der Waals surface area contributed by atoms with Gasteiger partial charge in [0.1, 0.15) is 0 Å². The Kier molecular flexibility index (Phi) is 3.54. The van der Waals surface area contributed by atoms with Gasteiger partial charge in [0.15, 0.2) is 0 Å². The van der Waals surface area contributed by atoms with Crippen LogP contribution in [0.15, 0.2) is 53.8 Å². The summed E-state index contributed by atoms with van der Waals surface area (Å²) in [5, 5.41) is 6.44. The summed E-state index contributed by atoms with van der Waals surface area (Å²) in [7, 11) is 0. The Hall–Kier alpha value is -2.56. The average Bonchev–Trinajstić information content (AvgIpc) is 2.83. The lowest BCUT2D eigenvalue weighted by atomic mass is 10.3. The number of hydrogen-bond donors (Lipinski definition) is 3. The highest BCUT2D eigenvalue weighted by Crippen LogP contribution is 2.03. The first-order valence-corrected chi connectivity index (χ1v) is 5.13. The number of aromatic amines is 1. The standard InChI is InChI=1S/C12H12N4O/c17-12(15-10-5-2-1-3-6-10)16-14-9-11-7-4-8-13-11/h1-9,13H,(H2,15,16,17)/b14-9-. The van der Waals surface area contributed by atoms with E-state index < -0.39 is 0 Å². The molecule has 1 aromatic carbocycles. The SMILES string of the molecule is O=C(N/N=C\c1ccc[nH]1)Nc1ccccc1. The highest BCUT2D eigenvalue weighted by Gasteiger charge is 1.97. The topological polar surface area (TPSA) is 69.3 Å². The number of nitrogens with one attached hydrogen (secondary N) is 3. The summed E-state index contributed by atoms with van der Waals surface area (Å²) in [6, 6.07) is 12.5. The average molecular weight is 228 g/mol. The zero-order valence-corrected chi connectivity index (χ0v) is 9.05. The first-order chi connectivity index (χ1) is 8.34. The second-order valence-electron chi connectivity index (χ2n) is 3.32. The molecule has 0 aliphatic heterocycles. The second-order valence-corrected chi connectivity index (χ2v) is 3.32. The number of para-hydroxylation sites is 1. The molecule has 0 unspecified atom stereocenters. The maximum absolute atomic E-state index is 11.4. The number of benzene rings is 1. The molecule has 0 aliphatic carbocycles. The molecular weight excluding hydrogens is 216 g/mol. The first kappa shape index (κ1) is 10.9. The molecule has 0 bridgehead atoms. The van der Waals surface area contributed by atoms with E-state index in [1.165, 1.54) is 6.21 Å². The quantitative estimate of drug-likeness (QED) is 0.547. The van der Waals surface area contributed by atoms with Crippen molar-refractivity contribution in [2.75, 3.05) is 5.32 Å². The van der Waals surface area contributed by atoms with Gasteiger partial charge in [-0.15, -0.1) is 0 Å². The van der Waals surface area contributed by atoms with Gasteiger partial charge in [0.2, 0.25) is 0 Å². The summed E-state index contributed by atoms with van der Waals surface area (Å²) in [4.78, 5) is 14.3. The molecule has 5 nitrogen and oxygen atoms in total. The zero-order chi connectivity index (χ0) is 11.9. The molecule has 0 atom stereocenters. The molecule has 0 radical (unpaired) electrons. The van der Waals surface area contributed by atoms with E-state index in [0.29, 0.717) is 0 Å². The van der Waals surface area contributed by atoms with Gasteiger partial charge in [-0.2, -0.15) is 5.10 Å². The van der Waals surface area contributed by atoms with Crippen LogP contribution in [0.5, 0.6) is 0 Å². The fourth-order valence-electron chi connectivity index (χ4n) is 1.27. The summed E-state index contributed by atoms with van der Waals surface area (Å²) < 4.78 is 0. The van der Waals surface area contributed by atoms with Gasteiger partial charge in [-0.05, 0) is 24.3 Å². The Morgan fingerprint density at radius 2 is 2.00 bits per heavy atom. The third-order valence-corrected chi connectivity index (χ3v) is 2.02. The van der Waals surface area contributed by atoms with Crippen LogP contribution >= 0.6 is 0 Å². The molecule has 0 saturated heterocycles. The molecule has 0 spiro atoms. The molecule has 17 heavy (non-hydrogen) atoms. The van der Waals surface area contributed by atoms with Crippen molar-refractivity contribution in [2.45, 2.75) is 0 Å². The molecule has 5 heteroatoms. The van der Waals surface area contributed by atoms with Crippen molar-refractivity contribution in [3.63, 3.8) is 0 Å². The highest BCUT2D eigenvalue weighted by molar-refractivity contribution is 5.90. The minimum absolute atomic E-state index is 0.376. The van der Waals surface area contributed by atoms with Gasteiger partial charge in [0.25, 0.3) is 0 Å². The largest absolute Gasteiger partial charge is 0.360 e. The van der Waals surface area contributed by atoms with Crippen LogP contribution < -0.4 is 10.7 Å². The minimum atomic E-state index is -0.376. The van der Waals surface area contributed by atoms with Gasteiger partial charge < -0.3 is 10.3 Å². The van der Waals surface area contributed by atoms with Crippen molar-refractivity contribution in [1.29, 1.82) is 0 Å². The molecule has 1 heterocycles. The van der Waals surface area contributed by atoms with Crippen molar-refractivity contribution in [2.24, 2.45) is 5.10 Å². The number of amides is 2. The van der Waals surface area contributed by atoms with Crippen molar-refractivity contribution in [3.8, 4) is 0 Å². The van der Waals surface area contributed by atoms with Crippen LogP contribution in [0.3, 0.4) is 0 Å². The van der Waals surface area contributed by atoms with Crippen LogP contribution in [0, 0.1) is 0 Å². The highest BCUT2D eigenvalue weighted by atomic mass is 16.2. The normalized spacial score (nSPS) is 10.4. The Morgan fingerprint density at radius 3 is 2.71 bits per heavy atom. The zero-order valence-electron chi connectivity index (χ0n) is 9.05. The van der Waals surface area contributed by atoms with E-state index in [4.69, 9.17) is 0 Å². The fourth-order valence-corrected chi connectivity index (χ4v) is 1.27. The number of hydrazone groups is 1. The monoisotopic (exact) mass is 228 g/mol. The molecule has 2 aromatic rings. The first-order valence-electron chi connectivity index (χ1n) is 5.13. The summed E-state index contributed by atoms with van der Waals surface area (Å²) in [5.41, 5.74) is 3.92. The number of anilines is 1. The molecule has 0 fully saturated rings. The van der Waals surface area contributed by atoms with Crippen LogP contribution in [0.1, 0.15) is 5.69 Å². The Bertz CT molecular complexity index is 490. The summed E-state index contributed by atoms with van der Waals surface area (Å²) in [5.74, 6) is 0. The third-order valence-electron chi connectivity index (χ3n) is 2.02. The summed E-state index contributed by atoms with van der Waals surface area (Å²) in [6.45, 7) is 0. The molecule has 86 valence electrons. The summed E-state index contributed by atoms with van der Waals surface area (Å²) in [6.07, 6.45) is 3.32. The molecule has 0 saturated carbocycles. The molecule has 2 rings (SSSR count). The number of nitrogens with zero attached hydrogens (tertiary/aromatic N) is 1. The fraction of sp³-hybridized carbons (Fsp3) is 0. The van der Waals surface area contributed by atoms with Gasteiger partial charge in [0.05, 0.1) is 11.9 Å². The van der Waals surface area contributed by atoms with Crippen LogP contribution in [-0.4, -0.2) is 17.2 Å². The molecule has 1 aromatic heterocycles. The van der Waals surface area contributed by atoms with Crippen molar-refractivity contribution < 1.29 is 4.79 Å². The Morgan fingerprint density at radius 1 is 1.18 bits per heavy atom. The van der Waals surface area contributed by atoms with Crippen molar-refractivity contribution >= 4 is 17.9 Å². The van der Waals surface area contributed by atoms with Gasteiger partial charge in [-0.25, -0.2) is 10.2 Å². The molecular formula is C12H12N4O. The number of hydrogen-bond acceptors (Lipinski definition) is 2. The maximum atomic E-state index is 11.4. The van der Waals surface area contributed by atoms with E-state index in [2.05, 4.69) is 20.8 Å². The predicted molar refractivity (Wildman–Crippen MR) is 67.0 cm³/mol. The number of H-pyrrole nitrogens is 1. The lowest BCUT2D eigenvalue weighted by molar-refractivity contribution is 0.252. The van der Waals surface area contributed by atoms with Gasteiger partial charge in [-0.3, -0.25) is 0 Å². The van der Waals surface area contributed by atoms with Crippen LogP contribution in [0.4, 0.5) is 10.5 Å². The minimum Gasteiger partial charge on any atom is -0.360 e. The third kappa shape index (κ3) is 3.49. The number of rotatable bonds is 3. The number of aromatic nitrogens is 1. The van der Waals surface area contributed by atoms with E-state index in [0.717, 1.165) is 11.4 Å². The van der Waals surface area contributed by atoms with Crippen molar-refractivity contribution in [3.05, 3.63) is 54.4 Å². The molecule has 2 amide bonds. The Labute approximate surface area is 98.6 Å². The number of carbonyl (C=O) groups excluding carboxylic acids is 1. The maximum Gasteiger partial charge on any atom is 0.339 e. The lowest BCUT2D eigenvalue weighted by Crippen LogP contribution is -2.24. The van der Waals surface area contributed by atoms with Crippen LogP contribution in [-0.2, 0) is 0 Å². The molecule has 3 N–H and O–H groups in total. The van der Waals surface area contributed by atoms with E-state index >= 15 is 0 Å². The van der Waals surface area contributed by atoms with Crippen molar-refractivity contribution in [1.82, 2.24) is 10.4 Å². The van der Waals surface area contributed by atoms with E-state index in [1.54, 1.807) is 18.3 Å². The smallest absolute Gasteiger partial charge is 0.339 e.